The third-order valence-corrected chi connectivity index (χ3v) is 10.6. The van der Waals surface area contributed by atoms with Crippen LogP contribution in [-0.2, 0) is 22.2 Å². The second kappa shape index (κ2) is 16.7. The van der Waals surface area contributed by atoms with Crippen molar-refractivity contribution in [3.05, 3.63) is 76.1 Å². The fourth-order valence-electron chi connectivity index (χ4n) is 7.34. The minimum absolute atomic E-state index is 0.0126. The molecule has 2 aliphatic heterocycles. The van der Waals surface area contributed by atoms with Crippen molar-refractivity contribution in [2.75, 3.05) is 70.0 Å². The van der Waals surface area contributed by atoms with Crippen LogP contribution in [0.1, 0.15) is 57.2 Å². The highest BCUT2D eigenvalue weighted by Gasteiger charge is 2.40. The first-order chi connectivity index (χ1) is 26.7. The number of aromatic amines is 2. The summed E-state index contributed by atoms with van der Waals surface area (Å²) in [6, 6.07) is 7.34. The van der Waals surface area contributed by atoms with Gasteiger partial charge >= 0.3 is 12.1 Å². The fourth-order valence-corrected chi connectivity index (χ4v) is 7.60. The Balaban J connectivity index is 1.03. The Morgan fingerprint density at radius 1 is 1.02 bits per heavy atom. The number of pyridine rings is 1. The maximum atomic E-state index is 13.8. The summed E-state index contributed by atoms with van der Waals surface area (Å²) < 4.78 is 42.0. The number of nitrogens with zero attached hydrogens (tertiary/aromatic N) is 6. The Hall–Kier alpha value is -5.53. The van der Waals surface area contributed by atoms with Crippen LogP contribution < -0.4 is 16.8 Å². The number of piperidine rings is 1. The van der Waals surface area contributed by atoms with Crippen molar-refractivity contribution >= 4 is 46.7 Å². The van der Waals surface area contributed by atoms with E-state index in [0.717, 1.165) is 6.42 Å². The number of imidazole rings is 1. The zero-order valence-electron chi connectivity index (χ0n) is 30.2. The molecule has 1 aromatic carbocycles. The number of likely N-dealkylation sites (tertiary alicyclic amines) is 1. The lowest BCUT2D eigenvalue weighted by atomic mass is 9.92. The number of amides is 3. The molecule has 0 atom stereocenters. The summed E-state index contributed by atoms with van der Waals surface area (Å²) in [7, 11) is 0. The molecule has 0 unspecified atom stereocenters. The van der Waals surface area contributed by atoms with E-state index in [9.17, 15) is 37.5 Å². The number of aliphatic carboxylic acids is 1. The number of aromatic nitrogens is 5. The molecule has 5 heterocycles. The van der Waals surface area contributed by atoms with E-state index < -0.39 is 23.7 Å². The molecule has 298 valence electrons. The van der Waals surface area contributed by atoms with Gasteiger partial charge in [0.15, 0.2) is 18.1 Å². The molecule has 0 bridgehead atoms. The van der Waals surface area contributed by atoms with Gasteiger partial charge in [-0.25, -0.2) is 9.78 Å². The van der Waals surface area contributed by atoms with Gasteiger partial charge in [0.25, 0.3) is 11.8 Å². The largest absolute Gasteiger partial charge is 0.477 e. The van der Waals surface area contributed by atoms with Crippen molar-refractivity contribution in [2.45, 2.75) is 31.9 Å². The fraction of sp³-hybridized carbons (Fsp3) is 0.417. The predicted octanol–water partition coefficient (Wildman–Crippen LogP) is 3.24. The first-order valence-corrected chi connectivity index (χ1v) is 18.4. The van der Waals surface area contributed by atoms with Crippen molar-refractivity contribution in [3.63, 3.8) is 0 Å². The van der Waals surface area contributed by atoms with Crippen LogP contribution in [-0.4, -0.2) is 127 Å². The lowest BCUT2D eigenvalue weighted by Gasteiger charge is -2.44. The van der Waals surface area contributed by atoms with Gasteiger partial charge < -0.3 is 41.2 Å². The average Bonchev–Trinajstić information content (AvgIpc) is 3.82. The number of nitrogens with one attached hydrogen (secondary N) is 3. The topological polar surface area (TPSA) is 229 Å². The number of piperazine rings is 1. The molecule has 8 N–H and O–H groups in total. The molecule has 2 aliphatic rings. The molecule has 6 rings (SSSR count). The van der Waals surface area contributed by atoms with E-state index in [2.05, 4.69) is 30.5 Å². The van der Waals surface area contributed by atoms with E-state index in [1.54, 1.807) is 9.80 Å². The second-order valence-corrected chi connectivity index (χ2v) is 14.5. The molecule has 2 saturated heterocycles. The minimum Gasteiger partial charge on any atom is -0.477 e. The Labute approximate surface area is 324 Å². The number of nitrogens with two attached hydrogens (primary N) is 2. The van der Waals surface area contributed by atoms with Gasteiger partial charge in [0.1, 0.15) is 0 Å². The zero-order valence-corrected chi connectivity index (χ0v) is 31.0. The molecule has 3 aromatic heterocycles. The number of rotatable bonds is 12. The van der Waals surface area contributed by atoms with Crippen LogP contribution >= 0.6 is 11.6 Å². The van der Waals surface area contributed by atoms with Crippen LogP contribution in [0.5, 0.6) is 0 Å². The number of carbonyl (C=O) groups is 4. The van der Waals surface area contributed by atoms with E-state index in [4.69, 9.17) is 23.1 Å². The highest BCUT2D eigenvalue weighted by Crippen LogP contribution is 2.36. The van der Waals surface area contributed by atoms with Gasteiger partial charge in [0.2, 0.25) is 5.91 Å². The maximum Gasteiger partial charge on any atom is 0.435 e. The summed E-state index contributed by atoms with van der Waals surface area (Å²) in [6.45, 7) is 3.64. The molecule has 0 radical (unpaired) electrons. The number of hydrogen-bond acceptors (Lipinski definition) is 9. The van der Waals surface area contributed by atoms with Crippen molar-refractivity contribution in [1.82, 2.24) is 34.9 Å². The molecule has 0 saturated carbocycles. The van der Waals surface area contributed by atoms with Crippen molar-refractivity contribution in [2.24, 2.45) is 11.7 Å². The van der Waals surface area contributed by atoms with E-state index >= 15 is 0 Å². The summed E-state index contributed by atoms with van der Waals surface area (Å²) in [5.74, 6) is -2.27. The van der Waals surface area contributed by atoms with Gasteiger partial charge in [0, 0.05) is 80.9 Å². The number of nitrogen functional groups attached to an aromatic ring is 1. The highest BCUT2D eigenvalue weighted by molar-refractivity contribution is 6.34. The molecule has 20 heteroatoms. The number of carbonyl (C=O) groups excluding carboxylic acids is 3. The quantitative estimate of drug-likeness (QED) is 0.115. The number of carboxylic acids is 1. The highest BCUT2D eigenvalue weighted by atomic mass is 35.5. The molecular formula is C36H42ClF3N11O5+. The summed E-state index contributed by atoms with van der Waals surface area (Å²) in [4.78, 5) is 65.7. The number of quaternary nitrogens is 1. The number of anilines is 2. The lowest BCUT2D eigenvalue weighted by molar-refractivity contribution is -0.926. The van der Waals surface area contributed by atoms with Gasteiger partial charge in [-0.05, 0) is 36.9 Å². The van der Waals surface area contributed by atoms with Crippen LogP contribution in [0.3, 0.4) is 0 Å². The van der Waals surface area contributed by atoms with Crippen molar-refractivity contribution < 1.29 is 41.9 Å². The number of benzene rings is 1. The van der Waals surface area contributed by atoms with E-state index in [0.29, 0.717) is 75.4 Å². The monoisotopic (exact) mass is 800 g/mol. The lowest BCUT2D eigenvalue weighted by Crippen LogP contribution is -2.58. The van der Waals surface area contributed by atoms with Crippen molar-refractivity contribution in [1.29, 1.82) is 0 Å². The normalized spacial score (nSPS) is 18.8. The first kappa shape index (κ1) is 40.1. The number of carboxylic acid groups (broad SMARTS) is 1. The summed E-state index contributed by atoms with van der Waals surface area (Å²) in [6.07, 6.45) is -0.610. The number of hydrogen-bond donors (Lipinski definition) is 6. The average molecular weight is 801 g/mol. The molecule has 56 heavy (non-hydrogen) atoms. The molecular weight excluding hydrogens is 759 g/mol. The Morgan fingerprint density at radius 3 is 2.36 bits per heavy atom. The summed E-state index contributed by atoms with van der Waals surface area (Å²) in [5.41, 5.74) is 11.2. The van der Waals surface area contributed by atoms with E-state index in [-0.39, 0.29) is 75.4 Å². The van der Waals surface area contributed by atoms with Crippen molar-refractivity contribution in [3.8, 4) is 11.4 Å². The van der Waals surface area contributed by atoms with Gasteiger partial charge in [-0.2, -0.15) is 18.3 Å². The maximum absolute atomic E-state index is 13.8. The Bertz CT molecular complexity index is 2070. The molecule has 4 aromatic rings. The molecule has 2 fully saturated rings. The van der Waals surface area contributed by atoms with Gasteiger partial charge in [-0.15, -0.1) is 0 Å². The molecule has 3 amide bonds. The number of H-pyrrole nitrogens is 2. The third kappa shape index (κ3) is 9.11. The molecule has 0 spiro atoms. The van der Waals surface area contributed by atoms with Crippen LogP contribution in [0.2, 0.25) is 5.02 Å². The summed E-state index contributed by atoms with van der Waals surface area (Å²) in [5, 5.41) is 18.0. The van der Waals surface area contributed by atoms with Gasteiger partial charge in [-0.3, -0.25) is 24.5 Å². The summed E-state index contributed by atoms with van der Waals surface area (Å²) >= 11 is 6.50. The van der Waals surface area contributed by atoms with Crippen LogP contribution in [0.4, 0.5) is 24.5 Å². The van der Waals surface area contributed by atoms with Gasteiger partial charge in [-0.1, -0.05) is 11.6 Å². The second-order valence-electron chi connectivity index (χ2n) is 14.1. The SMILES string of the molecule is NCCC[N+]1(CC(=O)O)CCC(C(=O)N2CCN(C(=O)c3ccc(NC(=O)c4ncc(Cc5c(C(F)(F)F)n[nH]c5-c5ccc(N)cn5)[nH]4)cc3Cl)CC2)CC1. The van der Waals surface area contributed by atoms with Crippen LogP contribution in [0.15, 0.2) is 42.7 Å². The predicted molar refractivity (Wildman–Crippen MR) is 198 cm³/mol. The van der Waals surface area contributed by atoms with Crippen LogP contribution in [0.25, 0.3) is 11.4 Å². The van der Waals surface area contributed by atoms with Crippen LogP contribution in [0, 0.1) is 5.92 Å². The zero-order chi connectivity index (χ0) is 40.2. The molecule has 0 aliphatic carbocycles. The smallest absolute Gasteiger partial charge is 0.435 e. The first-order valence-electron chi connectivity index (χ1n) is 18.0. The standard InChI is InChI=1S/C36H41ClF3N11O5/c37-27-17-23(46-33(54)32-44-19-24(45-32)16-26-30(28-5-2-22(42)18-43-28)47-48-31(26)36(38,39)40)3-4-25(27)35(56)50-11-9-49(10-12-50)34(55)21-6-14-51(15-7-21,13-1-8-41)20-29(52)53/h2-5,17-19,21H,1,6-16,20,41H2,(H5-,42,43,44,45,46,47,48,52,53,54,56)/p+1. The third-order valence-electron chi connectivity index (χ3n) is 10.3. The minimum atomic E-state index is -4.76. The number of halogens is 4. The molecule has 16 nitrogen and oxygen atoms in total. The Morgan fingerprint density at radius 2 is 1.73 bits per heavy atom. The van der Waals surface area contributed by atoms with E-state index in [1.165, 1.54) is 42.7 Å². The van der Waals surface area contributed by atoms with E-state index in [1.807, 2.05) is 0 Å². The van der Waals surface area contributed by atoms with Gasteiger partial charge in [0.05, 0.1) is 53.5 Å². The number of alkyl halides is 3. The Kier molecular flexibility index (Phi) is 12.0.